The summed E-state index contributed by atoms with van der Waals surface area (Å²) in [5.41, 5.74) is 0. The Labute approximate surface area is 80.1 Å². The van der Waals surface area contributed by atoms with E-state index in [1.807, 2.05) is 0 Å². The molecule has 6 heteroatoms. The summed E-state index contributed by atoms with van der Waals surface area (Å²) in [5, 5.41) is 13.1. The van der Waals surface area contributed by atoms with Crippen LogP contribution < -0.4 is 5.32 Å². The molecule has 5 nitrogen and oxygen atoms in total. The molecule has 1 aromatic rings. The third kappa shape index (κ3) is 3.14. The number of halogens is 1. The molecule has 0 saturated heterocycles. The molecule has 0 atom stereocenters. The summed E-state index contributed by atoms with van der Waals surface area (Å²) >= 11 is 0. The van der Waals surface area contributed by atoms with E-state index >= 15 is 0 Å². The summed E-state index contributed by atoms with van der Waals surface area (Å²) in [5.74, 6) is 0.211. The first-order chi connectivity index (χ1) is 6.74. The van der Waals surface area contributed by atoms with Crippen molar-refractivity contribution in [1.82, 2.24) is 5.32 Å². The Morgan fingerprint density at radius 1 is 1.57 bits per heavy atom. The molecule has 0 aliphatic heterocycles. The SMILES string of the molecule is O=[N+]([O-])c1ccc(CNCCCF)o1. The largest absolute Gasteiger partial charge is 0.433 e. The van der Waals surface area contributed by atoms with E-state index in [1.54, 1.807) is 0 Å². The van der Waals surface area contributed by atoms with Gasteiger partial charge in [0, 0.05) is 0 Å². The number of hydrogen-bond acceptors (Lipinski definition) is 4. The molecular formula is C8H11FN2O3. The van der Waals surface area contributed by atoms with Crippen molar-refractivity contribution in [1.29, 1.82) is 0 Å². The van der Waals surface area contributed by atoms with Crippen molar-refractivity contribution >= 4 is 5.88 Å². The van der Waals surface area contributed by atoms with Crippen molar-refractivity contribution < 1.29 is 13.7 Å². The molecule has 78 valence electrons. The first-order valence-corrected chi connectivity index (χ1v) is 4.24. The van der Waals surface area contributed by atoms with Gasteiger partial charge in [0.1, 0.15) is 10.7 Å². The summed E-state index contributed by atoms with van der Waals surface area (Å²) < 4.78 is 16.5. The Morgan fingerprint density at radius 2 is 2.36 bits per heavy atom. The predicted molar refractivity (Wildman–Crippen MR) is 47.7 cm³/mol. The van der Waals surface area contributed by atoms with Crippen molar-refractivity contribution in [3.63, 3.8) is 0 Å². The topological polar surface area (TPSA) is 68.3 Å². The van der Waals surface area contributed by atoms with Crippen LogP contribution in [-0.4, -0.2) is 18.1 Å². The number of hydrogen-bond donors (Lipinski definition) is 1. The monoisotopic (exact) mass is 202 g/mol. The second kappa shape index (κ2) is 5.33. The summed E-state index contributed by atoms with van der Waals surface area (Å²) in [7, 11) is 0. The van der Waals surface area contributed by atoms with Crippen LogP contribution in [0.2, 0.25) is 0 Å². The Bertz CT molecular complexity index is 301. The Hall–Kier alpha value is -1.43. The highest BCUT2D eigenvalue weighted by atomic mass is 19.1. The van der Waals surface area contributed by atoms with Gasteiger partial charge in [-0.05, 0) is 19.0 Å². The van der Waals surface area contributed by atoms with Gasteiger partial charge in [-0.15, -0.1) is 0 Å². The Morgan fingerprint density at radius 3 is 2.93 bits per heavy atom. The van der Waals surface area contributed by atoms with Gasteiger partial charge in [-0.3, -0.25) is 14.5 Å². The standard InChI is InChI=1S/C8H11FN2O3/c9-4-1-5-10-6-7-2-3-8(14-7)11(12)13/h2-3,10H,1,4-6H2. The molecule has 0 amide bonds. The third-order valence-electron chi connectivity index (χ3n) is 1.61. The smallest absolute Gasteiger partial charge is 0.404 e. The van der Waals surface area contributed by atoms with Crippen LogP contribution in [0.4, 0.5) is 10.3 Å². The second-order valence-corrected chi connectivity index (χ2v) is 2.72. The van der Waals surface area contributed by atoms with E-state index in [1.165, 1.54) is 12.1 Å². The van der Waals surface area contributed by atoms with Crippen molar-refractivity contribution in [3.05, 3.63) is 28.0 Å². The molecule has 0 unspecified atom stereocenters. The molecular weight excluding hydrogens is 191 g/mol. The lowest BCUT2D eigenvalue weighted by Crippen LogP contribution is -2.14. The molecule has 1 N–H and O–H groups in total. The molecule has 1 aromatic heterocycles. The zero-order chi connectivity index (χ0) is 10.4. The van der Waals surface area contributed by atoms with E-state index in [4.69, 9.17) is 4.42 Å². The average Bonchev–Trinajstić information content (AvgIpc) is 2.61. The molecule has 14 heavy (non-hydrogen) atoms. The zero-order valence-electron chi connectivity index (χ0n) is 7.53. The van der Waals surface area contributed by atoms with Gasteiger partial charge in [-0.1, -0.05) is 0 Å². The number of nitrogens with one attached hydrogen (secondary N) is 1. The summed E-state index contributed by atoms with van der Waals surface area (Å²) in [6.07, 6.45) is 0.433. The van der Waals surface area contributed by atoms with E-state index in [2.05, 4.69) is 5.32 Å². The molecule has 0 fully saturated rings. The fourth-order valence-electron chi connectivity index (χ4n) is 0.963. The molecule has 0 aromatic carbocycles. The van der Waals surface area contributed by atoms with Crippen LogP contribution in [0.3, 0.4) is 0 Å². The van der Waals surface area contributed by atoms with Crippen LogP contribution >= 0.6 is 0 Å². The molecule has 0 spiro atoms. The number of rotatable bonds is 6. The Kier molecular flexibility index (Phi) is 4.06. The first kappa shape index (κ1) is 10.6. The normalized spacial score (nSPS) is 10.4. The van der Waals surface area contributed by atoms with Crippen LogP contribution in [0.5, 0.6) is 0 Å². The molecule has 0 aliphatic rings. The average molecular weight is 202 g/mol. The van der Waals surface area contributed by atoms with Crippen LogP contribution in [0.15, 0.2) is 16.5 Å². The van der Waals surface area contributed by atoms with Gasteiger partial charge < -0.3 is 9.73 Å². The summed E-state index contributed by atoms with van der Waals surface area (Å²) in [6, 6.07) is 2.83. The molecule has 0 aliphatic carbocycles. The van der Waals surface area contributed by atoms with Crippen LogP contribution in [-0.2, 0) is 6.54 Å². The maximum atomic E-state index is 11.7. The van der Waals surface area contributed by atoms with Crippen LogP contribution in [0.1, 0.15) is 12.2 Å². The number of alkyl halides is 1. The van der Waals surface area contributed by atoms with E-state index in [0.29, 0.717) is 25.3 Å². The molecule has 0 bridgehead atoms. The summed E-state index contributed by atoms with van der Waals surface area (Å²) in [4.78, 5) is 9.64. The molecule has 0 saturated carbocycles. The minimum atomic E-state index is -0.592. The van der Waals surface area contributed by atoms with Crippen molar-refractivity contribution in [3.8, 4) is 0 Å². The van der Waals surface area contributed by atoms with Crippen molar-refractivity contribution in [2.75, 3.05) is 13.2 Å². The van der Waals surface area contributed by atoms with Crippen molar-refractivity contribution in [2.24, 2.45) is 0 Å². The second-order valence-electron chi connectivity index (χ2n) is 2.72. The van der Waals surface area contributed by atoms with E-state index < -0.39 is 4.92 Å². The minimum absolute atomic E-state index is 0.271. The lowest BCUT2D eigenvalue weighted by Gasteiger charge is -1.98. The third-order valence-corrected chi connectivity index (χ3v) is 1.61. The fourth-order valence-corrected chi connectivity index (χ4v) is 0.963. The van der Waals surface area contributed by atoms with Gasteiger partial charge in [0.15, 0.2) is 0 Å². The van der Waals surface area contributed by atoms with Gasteiger partial charge in [0.25, 0.3) is 0 Å². The molecule has 1 heterocycles. The lowest BCUT2D eigenvalue weighted by atomic mass is 10.4. The van der Waals surface area contributed by atoms with E-state index in [9.17, 15) is 14.5 Å². The van der Waals surface area contributed by atoms with E-state index in [0.717, 1.165) is 0 Å². The van der Waals surface area contributed by atoms with Crippen molar-refractivity contribution in [2.45, 2.75) is 13.0 Å². The molecule has 0 radical (unpaired) electrons. The van der Waals surface area contributed by atoms with Gasteiger partial charge >= 0.3 is 5.88 Å². The quantitative estimate of drug-likeness (QED) is 0.432. The fraction of sp³-hybridized carbons (Fsp3) is 0.500. The van der Waals surface area contributed by atoms with Gasteiger partial charge in [0.2, 0.25) is 0 Å². The maximum absolute atomic E-state index is 11.7. The number of nitro groups is 1. The van der Waals surface area contributed by atoms with E-state index in [-0.39, 0.29) is 12.6 Å². The van der Waals surface area contributed by atoms with Crippen LogP contribution in [0, 0.1) is 10.1 Å². The zero-order valence-corrected chi connectivity index (χ0v) is 7.53. The van der Waals surface area contributed by atoms with Gasteiger partial charge in [-0.25, -0.2) is 0 Å². The van der Waals surface area contributed by atoms with Gasteiger partial charge in [-0.2, -0.15) is 0 Å². The minimum Gasteiger partial charge on any atom is -0.404 e. The maximum Gasteiger partial charge on any atom is 0.433 e. The lowest BCUT2D eigenvalue weighted by molar-refractivity contribution is -0.402. The highest BCUT2D eigenvalue weighted by Gasteiger charge is 2.10. The summed E-state index contributed by atoms with van der Waals surface area (Å²) in [6.45, 7) is 0.546. The Balaban J connectivity index is 2.33. The number of furan rings is 1. The highest BCUT2D eigenvalue weighted by molar-refractivity contribution is 5.17. The van der Waals surface area contributed by atoms with Gasteiger partial charge in [0.05, 0.1) is 19.3 Å². The van der Waals surface area contributed by atoms with Crippen LogP contribution in [0.25, 0.3) is 0 Å². The highest BCUT2D eigenvalue weighted by Crippen LogP contribution is 2.14. The predicted octanol–water partition coefficient (Wildman–Crippen LogP) is 1.64. The molecule has 1 rings (SSSR count). The number of nitrogens with zero attached hydrogens (tertiary/aromatic N) is 1. The first-order valence-electron chi connectivity index (χ1n) is 4.24.